The highest BCUT2D eigenvalue weighted by molar-refractivity contribution is 8.00. The van der Waals surface area contributed by atoms with Gasteiger partial charge >= 0.3 is 0 Å². The number of amides is 1. The summed E-state index contributed by atoms with van der Waals surface area (Å²) >= 11 is 6.96. The number of benzene rings is 1. The van der Waals surface area contributed by atoms with Crippen LogP contribution in [-0.4, -0.2) is 25.9 Å². The molecule has 2 rings (SSSR count). The van der Waals surface area contributed by atoms with E-state index in [1.165, 1.54) is 30.0 Å². The van der Waals surface area contributed by atoms with Gasteiger partial charge in [0.05, 0.1) is 10.3 Å². The third-order valence-electron chi connectivity index (χ3n) is 2.74. The molecule has 0 spiro atoms. The van der Waals surface area contributed by atoms with Crippen LogP contribution < -0.4 is 5.32 Å². The van der Waals surface area contributed by atoms with Crippen LogP contribution in [0.3, 0.4) is 0 Å². The lowest BCUT2D eigenvalue weighted by atomic mass is 10.3. The minimum atomic E-state index is -0.528. The Bertz CT molecular complexity index is 691. The van der Waals surface area contributed by atoms with Crippen molar-refractivity contribution in [3.63, 3.8) is 0 Å². The first-order valence-electron chi connectivity index (χ1n) is 6.42. The highest BCUT2D eigenvalue weighted by atomic mass is 35.5. The Morgan fingerprint density at radius 3 is 3.09 bits per heavy atom. The summed E-state index contributed by atoms with van der Waals surface area (Å²) < 4.78 is 14.9. The number of carbonyl (C=O) groups excluding carboxylic acids is 1. The molecule has 0 bridgehead atoms. The molecule has 22 heavy (non-hydrogen) atoms. The predicted octanol–water partition coefficient (Wildman–Crippen LogP) is 3.38. The van der Waals surface area contributed by atoms with Gasteiger partial charge in [-0.1, -0.05) is 29.4 Å². The second-order valence-corrected chi connectivity index (χ2v) is 6.15. The first-order valence-corrected chi connectivity index (χ1v) is 7.68. The van der Waals surface area contributed by atoms with Crippen LogP contribution in [0.25, 0.3) is 0 Å². The van der Waals surface area contributed by atoms with Crippen LogP contribution in [-0.2, 0) is 11.3 Å². The normalized spacial score (nSPS) is 12.0. The standard InChI is InChI=1S/C14H14ClFN4OS/c1-3-6-20-8-17-19-14(20)22-9(2)13(21)18-10-4-5-12(16)11(15)7-10/h3-5,7-9H,1,6H2,2H3,(H,18,21)/t9-/m1/s1. The second-order valence-electron chi connectivity index (χ2n) is 4.43. The molecule has 1 atom stereocenters. The third-order valence-corrected chi connectivity index (χ3v) is 4.13. The average Bonchev–Trinajstić information content (AvgIpc) is 2.90. The van der Waals surface area contributed by atoms with Crippen molar-refractivity contribution in [1.82, 2.24) is 14.8 Å². The monoisotopic (exact) mass is 340 g/mol. The zero-order valence-electron chi connectivity index (χ0n) is 11.8. The third kappa shape index (κ3) is 4.08. The van der Waals surface area contributed by atoms with Gasteiger partial charge in [-0.25, -0.2) is 4.39 Å². The summed E-state index contributed by atoms with van der Waals surface area (Å²) in [4.78, 5) is 12.2. The Labute approximate surface area is 136 Å². The van der Waals surface area contributed by atoms with Gasteiger partial charge in [-0.2, -0.15) is 0 Å². The van der Waals surface area contributed by atoms with Crippen LogP contribution in [0.2, 0.25) is 5.02 Å². The summed E-state index contributed by atoms with van der Waals surface area (Å²) in [7, 11) is 0. The molecule has 0 aliphatic rings. The van der Waals surface area contributed by atoms with Crippen LogP contribution >= 0.6 is 23.4 Å². The fourth-order valence-corrected chi connectivity index (χ4v) is 2.64. The molecule has 1 amide bonds. The molecule has 0 saturated heterocycles. The molecule has 1 aromatic carbocycles. The molecule has 0 saturated carbocycles. The summed E-state index contributed by atoms with van der Waals surface area (Å²) in [5.41, 5.74) is 0.441. The number of nitrogens with one attached hydrogen (secondary N) is 1. The highest BCUT2D eigenvalue weighted by Gasteiger charge is 2.18. The van der Waals surface area contributed by atoms with Crippen molar-refractivity contribution in [3.8, 4) is 0 Å². The molecule has 1 N–H and O–H groups in total. The molecule has 2 aromatic rings. The number of halogens is 2. The number of hydrogen-bond donors (Lipinski definition) is 1. The molecule has 0 radical (unpaired) electrons. The lowest BCUT2D eigenvalue weighted by molar-refractivity contribution is -0.115. The Kier molecular flexibility index (Phi) is 5.57. The van der Waals surface area contributed by atoms with Gasteiger partial charge in [0.15, 0.2) is 5.16 Å². The minimum absolute atomic E-state index is 0.0381. The van der Waals surface area contributed by atoms with Gasteiger partial charge in [0.2, 0.25) is 5.91 Å². The van der Waals surface area contributed by atoms with E-state index in [1.54, 1.807) is 23.9 Å². The van der Waals surface area contributed by atoms with E-state index < -0.39 is 11.1 Å². The fraction of sp³-hybridized carbons (Fsp3) is 0.214. The second kappa shape index (κ2) is 7.42. The largest absolute Gasteiger partial charge is 0.325 e. The molecule has 0 fully saturated rings. The lowest BCUT2D eigenvalue weighted by Crippen LogP contribution is -2.23. The number of aromatic nitrogens is 3. The number of carbonyl (C=O) groups is 1. The topological polar surface area (TPSA) is 59.8 Å². The number of hydrogen-bond acceptors (Lipinski definition) is 4. The molecule has 116 valence electrons. The molecule has 0 unspecified atom stereocenters. The van der Waals surface area contributed by atoms with Crippen molar-refractivity contribution < 1.29 is 9.18 Å². The summed E-state index contributed by atoms with van der Waals surface area (Å²) in [6.07, 6.45) is 3.30. The van der Waals surface area contributed by atoms with E-state index in [-0.39, 0.29) is 10.9 Å². The molecular weight excluding hydrogens is 327 g/mol. The maximum absolute atomic E-state index is 13.1. The van der Waals surface area contributed by atoms with E-state index in [0.29, 0.717) is 17.4 Å². The summed E-state index contributed by atoms with van der Waals surface area (Å²) in [5, 5.41) is 10.6. The lowest BCUT2D eigenvalue weighted by Gasteiger charge is -2.12. The average molecular weight is 341 g/mol. The van der Waals surface area contributed by atoms with Crippen molar-refractivity contribution in [2.45, 2.75) is 23.9 Å². The van der Waals surface area contributed by atoms with Crippen LogP contribution in [0.15, 0.2) is 42.3 Å². The molecular formula is C14H14ClFN4OS. The van der Waals surface area contributed by atoms with Crippen molar-refractivity contribution in [2.24, 2.45) is 0 Å². The van der Waals surface area contributed by atoms with Gasteiger partial charge in [-0.05, 0) is 25.1 Å². The molecule has 5 nitrogen and oxygen atoms in total. The maximum atomic E-state index is 13.1. The Hall–Kier alpha value is -1.86. The SMILES string of the molecule is C=CCn1cnnc1S[C@H](C)C(=O)Nc1ccc(F)c(Cl)c1. The van der Waals surface area contributed by atoms with Crippen molar-refractivity contribution in [1.29, 1.82) is 0 Å². The van der Waals surface area contributed by atoms with E-state index in [9.17, 15) is 9.18 Å². The van der Waals surface area contributed by atoms with E-state index >= 15 is 0 Å². The van der Waals surface area contributed by atoms with Crippen molar-refractivity contribution in [2.75, 3.05) is 5.32 Å². The van der Waals surface area contributed by atoms with E-state index in [4.69, 9.17) is 11.6 Å². The molecule has 0 aliphatic heterocycles. The number of anilines is 1. The Balaban J connectivity index is 2.01. The fourth-order valence-electron chi connectivity index (χ4n) is 1.63. The van der Waals surface area contributed by atoms with E-state index in [0.717, 1.165) is 0 Å². The quantitative estimate of drug-likeness (QED) is 0.647. The first-order chi connectivity index (χ1) is 10.5. The zero-order valence-corrected chi connectivity index (χ0v) is 13.4. The number of allylic oxidation sites excluding steroid dienone is 1. The number of rotatable bonds is 6. The molecule has 0 aliphatic carbocycles. The zero-order chi connectivity index (χ0) is 16.1. The summed E-state index contributed by atoms with van der Waals surface area (Å²) in [5.74, 6) is -0.763. The van der Waals surface area contributed by atoms with Crippen LogP contribution in [0.1, 0.15) is 6.92 Å². The smallest absolute Gasteiger partial charge is 0.237 e. The van der Waals surface area contributed by atoms with Gasteiger partial charge in [-0.3, -0.25) is 4.79 Å². The molecule has 1 heterocycles. The van der Waals surface area contributed by atoms with E-state index in [2.05, 4.69) is 22.1 Å². The van der Waals surface area contributed by atoms with Crippen molar-refractivity contribution >= 4 is 35.0 Å². The van der Waals surface area contributed by atoms with Crippen LogP contribution in [0.5, 0.6) is 0 Å². The van der Waals surface area contributed by atoms with Gasteiger partial charge < -0.3 is 9.88 Å². The van der Waals surface area contributed by atoms with Gasteiger partial charge in [0, 0.05) is 12.2 Å². The van der Waals surface area contributed by atoms with E-state index in [1.807, 2.05) is 0 Å². The number of nitrogens with zero attached hydrogens (tertiary/aromatic N) is 3. The molecule has 8 heteroatoms. The van der Waals surface area contributed by atoms with Gasteiger partial charge in [-0.15, -0.1) is 16.8 Å². The number of thioether (sulfide) groups is 1. The van der Waals surface area contributed by atoms with Gasteiger partial charge in [0.1, 0.15) is 12.1 Å². The predicted molar refractivity (Wildman–Crippen MR) is 85.6 cm³/mol. The maximum Gasteiger partial charge on any atom is 0.237 e. The minimum Gasteiger partial charge on any atom is -0.325 e. The first kappa shape index (κ1) is 16.5. The molecule has 1 aromatic heterocycles. The Morgan fingerprint density at radius 1 is 1.64 bits per heavy atom. The van der Waals surface area contributed by atoms with Crippen LogP contribution in [0.4, 0.5) is 10.1 Å². The van der Waals surface area contributed by atoms with Crippen molar-refractivity contribution in [3.05, 3.63) is 48.0 Å². The van der Waals surface area contributed by atoms with Crippen LogP contribution in [0, 0.1) is 5.82 Å². The Morgan fingerprint density at radius 2 is 2.41 bits per heavy atom. The summed E-state index contributed by atoms with van der Waals surface area (Å²) in [6.45, 7) is 5.97. The summed E-state index contributed by atoms with van der Waals surface area (Å²) in [6, 6.07) is 4.03. The van der Waals surface area contributed by atoms with Gasteiger partial charge in [0.25, 0.3) is 0 Å². The highest BCUT2D eigenvalue weighted by Crippen LogP contribution is 2.24.